The number of ether oxygens (including phenoxy) is 2. The van der Waals surface area contributed by atoms with Crippen molar-refractivity contribution in [2.45, 2.75) is 270 Å². The summed E-state index contributed by atoms with van der Waals surface area (Å²) in [4.78, 5) is 33.7. The van der Waals surface area contributed by atoms with Gasteiger partial charge >= 0.3 is 19.8 Å². The molecule has 0 aromatic heterocycles. The average Bonchev–Trinajstić information content (AvgIpc) is 3.31. The van der Waals surface area contributed by atoms with Gasteiger partial charge in [-0.2, -0.15) is 0 Å². The monoisotopic (exact) mass is 966 g/mol. The van der Waals surface area contributed by atoms with E-state index in [1.165, 1.54) is 161 Å². The molecule has 3 unspecified atom stereocenters. The first-order valence-corrected chi connectivity index (χ1v) is 29.2. The molecule has 11 heteroatoms. The zero-order valence-corrected chi connectivity index (χ0v) is 44.1. The van der Waals surface area contributed by atoms with Gasteiger partial charge in [-0.3, -0.25) is 18.6 Å². The summed E-state index contributed by atoms with van der Waals surface area (Å²) in [5.41, 5.74) is 5.38. The maximum absolute atomic E-state index is 12.7. The van der Waals surface area contributed by atoms with Crippen molar-refractivity contribution in [3.63, 3.8) is 0 Å². The molecule has 0 bridgehead atoms. The molecule has 0 aliphatic heterocycles. The molecule has 392 valence electrons. The molecule has 0 aliphatic rings. The Hall–Kier alpha value is -2.07. The second-order valence-corrected chi connectivity index (χ2v) is 20.2. The molecule has 0 spiro atoms. The molecule has 0 radical (unpaired) electrons. The molecule has 0 amide bonds. The van der Waals surface area contributed by atoms with Crippen molar-refractivity contribution in [3.05, 3.63) is 48.6 Å². The molecule has 0 saturated carbocycles. The van der Waals surface area contributed by atoms with Crippen LogP contribution in [0, 0.1) is 0 Å². The minimum atomic E-state index is -4.63. The molecule has 0 heterocycles. The minimum Gasteiger partial charge on any atom is -0.480 e. The number of unbranched alkanes of at least 4 members (excludes halogenated alkanes) is 31. The van der Waals surface area contributed by atoms with Crippen LogP contribution in [0.25, 0.3) is 0 Å². The maximum Gasteiger partial charge on any atom is 0.472 e. The van der Waals surface area contributed by atoms with Crippen LogP contribution < -0.4 is 5.73 Å². The predicted molar refractivity (Wildman–Crippen MR) is 281 cm³/mol. The lowest BCUT2D eigenvalue weighted by Crippen LogP contribution is -2.34. The lowest BCUT2D eigenvalue weighted by molar-refractivity contribution is -0.154. The number of phosphoric acid groups is 1. The lowest BCUT2D eigenvalue weighted by atomic mass is 10.0. The molecular formula is C56H104NO9P. The van der Waals surface area contributed by atoms with Crippen LogP contribution in [0.15, 0.2) is 48.6 Å². The maximum atomic E-state index is 12.7. The number of phosphoric ester groups is 1. The molecular weight excluding hydrogens is 862 g/mol. The topological polar surface area (TPSA) is 155 Å². The molecule has 0 aromatic carbocycles. The van der Waals surface area contributed by atoms with E-state index in [-0.39, 0.29) is 13.0 Å². The van der Waals surface area contributed by atoms with Gasteiger partial charge in [0.25, 0.3) is 0 Å². The second kappa shape index (κ2) is 51.8. The number of carboxylic acids is 1. The van der Waals surface area contributed by atoms with Gasteiger partial charge in [0.1, 0.15) is 12.1 Å². The number of esters is 1. The molecule has 0 aromatic rings. The summed E-state index contributed by atoms with van der Waals surface area (Å²) in [6.45, 7) is 3.89. The number of hydrogen-bond donors (Lipinski definition) is 3. The van der Waals surface area contributed by atoms with E-state index in [2.05, 4.69) is 62.5 Å². The van der Waals surface area contributed by atoms with Gasteiger partial charge in [0, 0.05) is 13.0 Å². The molecule has 0 saturated heterocycles. The zero-order chi connectivity index (χ0) is 49.0. The summed E-state index contributed by atoms with van der Waals surface area (Å²) in [5.74, 6) is -1.79. The highest BCUT2D eigenvalue weighted by Crippen LogP contribution is 2.43. The van der Waals surface area contributed by atoms with Crippen molar-refractivity contribution in [2.75, 3.05) is 26.4 Å². The molecule has 67 heavy (non-hydrogen) atoms. The predicted octanol–water partition coefficient (Wildman–Crippen LogP) is 16.5. The fourth-order valence-electron chi connectivity index (χ4n) is 7.78. The van der Waals surface area contributed by atoms with Crippen molar-refractivity contribution >= 4 is 19.8 Å². The highest BCUT2D eigenvalue weighted by Gasteiger charge is 2.27. The van der Waals surface area contributed by atoms with Crippen LogP contribution in [-0.2, 0) is 32.7 Å². The van der Waals surface area contributed by atoms with E-state index in [4.69, 9.17) is 29.4 Å². The lowest BCUT2D eigenvalue weighted by Gasteiger charge is -2.20. The highest BCUT2D eigenvalue weighted by molar-refractivity contribution is 7.47. The number of nitrogens with two attached hydrogens (primary N) is 1. The average molecular weight is 966 g/mol. The number of carboxylic acid groups (broad SMARTS) is 1. The van der Waals surface area contributed by atoms with Crippen molar-refractivity contribution in [1.82, 2.24) is 0 Å². The minimum absolute atomic E-state index is 0.0117. The summed E-state index contributed by atoms with van der Waals surface area (Å²) in [6.07, 6.45) is 63.2. The van der Waals surface area contributed by atoms with Crippen LogP contribution in [0.4, 0.5) is 0 Å². The third-order valence-electron chi connectivity index (χ3n) is 12.1. The largest absolute Gasteiger partial charge is 0.480 e. The van der Waals surface area contributed by atoms with E-state index in [0.29, 0.717) is 13.0 Å². The van der Waals surface area contributed by atoms with Gasteiger partial charge in [-0.15, -0.1) is 0 Å². The molecule has 0 fully saturated rings. The Labute approximate surface area is 411 Å². The summed E-state index contributed by atoms with van der Waals surface area (Å²) < 4.78 is 33.6. The van der Waals surface area contributed by atoms with Gasteiger partial charge < -0.3 is 25.2 Å². The molecule has 10 nitrogen and oxygen atoms in total. The van der Waals surface area contributed by atoms with E-state index < -0.39 is 45.1 Å². The SMILES string of the molecule is CCCCCCC/C=C\C/C=C\C/C=C\CCCCCCCCC(=O)OC(COCCCCCCCCCCCCCC/C=C\CCCCCCCCCC)COP(=O)(O)OCC(N)C(=O)O. The van der Waals surface area contributed by atoms with E-state index in [9.17, 15) is 19.0 Å². The summed E-state index contributed by atoms with van der Waals surface area (Å²) in [6, 6.07) is -1.48. The number of rotatable bonds is 53. The number of hydrogen-bond acceptors (Lipinski definition) is 8. The van der Waals surface area contributed by atoms with Crippen LogP contribution in [0.1, 0.15) is 258 Å². The van der Waals surface area contributed by atoms with E-state index in [0.717, 1.165) is 70.6 Å². The van der Waals surface area contributed by atoms with Crippen LogP contribution in [0.2, 0.25) is 0 Å². The fourth-order valence-corrected chi connectivity index (χ4v) is 8.56. The van der Waals surface area contributed by atoms with Crippen molar-refractivity contribution < 1.29 is 42.7 Å². The number of allylic oxidation sites excluding steroid dienone is 8. The summed E-state index contributed by atoms with van der Waals surface area (Å²) >= 11 is 0. The standard InChI is InChI=1S/C56H104NO9P/c1-3-5-7-9-11-13-15-17-19-21-23-25-26-27-29-31-33-35-37-39-41-43-45-47-49-63-50-53(51-64-67(61,62)65-52-54(57)56(59)60)66-55(58)48-46-44-42-40-38-36-34-32-30-28-24-22-20-18-16-14-12-10-8-6-4-2/h16,18,21-24,30,32,53-54H,3-15,17,19-20,25-29,31,33-52,57H2,1-2H3,(H,59,60)(H,61,62)/b18-16-,23-21-,24-22-,32-30-. The van der Waals surface area contributed by atoms with E-state index in [1.807, 2.05) is 0 Å². The first-order valence-electron chi connectivity index (χ1n) is 27.7. The smallest absolute Gasteiger partial charge is 0.472 e. The number of carbonyl (C=O) groups is 2. The summed E-state index contributed by atoms with van der Waals surface area (Å²) in [7, 11) is -4.63. The van der Waals surface area contributed by atoms with Crippen LogP contribution in [0.3, 0.4) is 0 Å². The second-order valence-electron chi connectivity index (χ2n) is 18.7. The molecule has 3 atom stereocenters. The van der Waals surface area contributed by atoms with Gasteiger partial charge in [-0.05, 0) is 77.0 Å². The Bertz CT molecular complexity index is 1250. The van der Waals surface area contributed by atoms with Crippen LogP contribution in [-0.4, -0.2) is 60.5 Å². The summed E-state index contributed by atoms with van der Waals surface area (Å²) in [5, 5.41) is 8.94. The Morgan fingerprint density at radius 1 is 0.478 bits per heavy atom. The van der Waals surface area contributed by atoms with Crippen molar-refractivity contribution in [3.8, 4) is 0 Å². The Morgan fingerprint density at radius 3 is 1.24 bits per heavy atom. The van der Waals surface area contributed by atoms with Crippen LogP contribution >= 0.6 is 7.82 Å². The van der Waals surface area contributed by atoms with Gasteiger partial charge in [-0.25, -0.2) is 4.57 Å². The van der Waals surface area contributed by atoms with E-state index in [1.54, 1.807) is 0 Å². The van der Waals surface area contributed by atoms with Gasteiger partial charge in [0.05, 0.1) is 19.8 Å². The highest BCUT2D eigenvalue weighted by atomic mass is 31.2. The Kier molecular flexibility index (Phi) is 50.2. The van der Waals surface area contributed by atoms with Crippen molar-refractivity contribution in [2.24, 2.45) is 5.73 Å². The number of carbonyl (C=O) groups excluding carboxylic acids is 1. The van der Waals surface area contributed by atoms with Gasteiger partial charge in [0.2, 0.25) is 0 Å². The molecule has 0 rings (SSSR count). The third-order valence-corrected chi connectivity index (χ3v) is 13.0. The van der Waals surface area contributed by atoms with Crippen molar-refractivity contribution in [1.29, 1.82) is 0 Å². The Morgan fingerprint density at radius 2 is 0.821 bits per heavy atom. The van der Waals surface area contributed by atoms with Gasteiger partial charge in [0.15, 0.2) is 0 Å². The van der Waals surface area contributed by atoms with Crippen LogP contribution in [0.5, 0.6) is 0 Å². The first-order chi connectivity index (χ1) is 32.7. The quantitative estimate of drug-likeness (QED) is 0.0232. The molecule has 4 N–H and O–H groups in total. The normalized spacial score (nSPS) is 14.0. The zero-order valence-electron chi connectivity index (χ0n) is 43.2. The third kappa shape index (κ3) is 51.6. The number of aliphatic carboxylic acids is 1. The molecule has 0 aliphatic carbocycles. The first kappa shape index (κ1) is 64.9. The fraction of sp³-hybridized carbons (Fsp3) is 0.821. The van der Waals surface area contributed by atoms with E-state index >= 15 is 0 Å². The van der Waals surface area contributed by atoms with Gasteiger partial charge in [-0.1, -0.05) is 223 Å². The Balaban J connectivity index is 4.11.